The average Bonchev–Trinajstić information content (AvgIpc) is 2.48. The Bertz CT molecular complexity index is 506. The Balaban J connectivity index is 2.20. The SMILES string of the molecule is CN(C(=O)C(C(N)=S)c1ccccc1)C1CCCCC1O. The molecular weight excluding hydrogens is 284 g/mol. The highest BCUT2D eigenvalue weighted by molar-refractivity contribution is 7.80. The zero-order valence-electron chi connectivity index (χ0n) is 12.2. The van der Waals surface area contributed by atoms with Gasteiger partial charge in [-0.3, -0.25) is 4.79 Å². The van der Waals surface area contributed by atoms with E-state index in [4.69, 9.17) is 18.0 Å². The lowest BCUT2D eigenvalue weighted by molar-refractivity contribution is -0.135. The standard InChI is InChI=1S/C16H22N2O2S/c1-18(12-9-5-6-10-13(12)19)16(20)14(15(17)21)11-7-3-2-4-8-11/h2-4,7-8,12-14,19H,5-6,9-10H2,1H3,(H2,17,21). The van der Waals surface area contributed by atoms with Gasteiger partial charge in [-0.05, 0) is 18.4 Å². The van der Waals surface area contributed by atoms with Crippen LogP contribution in [0.2, 0.25) is 0 Å². The normalized spacial score (nSPS) is 23.3. The van der Waals surface area contributed by atoms with Crippen LogP contribution in [0.15, 0.2) is 30.3 Å². The first kappa shape index (κ1) is 15.9. The Morgan fingerprint density at radius 1 is 1.33 bits per heavy atom. The predicted octanol–water partition coefficient (Wildman–Crippen LogP) is 1.82. The molecule has 1 aliphatic carbocycles. The maximum absolute atomic E-state index is 12.8. The highest BCUT2D eigenvalue weighted by atomic mass is 32.1. The first-order chi connectivity index (χ1) is 10.0. The average molecular weight is 306 g/mol. The van der Waals surface area contributed by atoms with Gasteiger partial charge in [0.05, 0.1) is 17.1 Å². The predicted molar refractivity (Wildman–Crippen MR) is 87.0 cm³/mol. The summed E-state index contributed by atoms with van der Waals surface area (Å²) in [6, 6.07) is 9.18. The van der Waals surface area contributed by atoms with Crippen molar-refractivity contribution in [2.45, 2.75) is 43.7 Å². The van der Waals surface area contributed by atoms with Gasteiger partial charge in [-0.1, -0.05) is 55.4 Å². The summed E-state index contributed by atoms with van der Waals surface area (Å²) in [5.74, 6) is -0.764. The Morgan fingerprint density at radius 2 is 1.95 bits per heavy atom. The van der Waals surface area contributed by atoms with Gasteiger partial charge < -0.3 is 15.7 Å². The van der Waals surface area contributed by atoms with Crippen LogP contribution in [-0.2, 0) is 4.79 Å². The van der Waals surface area contributed by atoms with Gasteiger partial charge in [0.2, 0.25) is 5.91 Å². The van der Waals surface area contributed by atoms with Gasteiger partial charge in [-0.2, -0.15) is 0 Å². The molecule has 0 spiro atoms. The number of benzene rings is 1. The van der Waals surface area contributed by atoms with Gasteiger partial charge in [0.15, 0.2) is 0 Å². The van der Waals surface area contributed by atoms with Crippen LogP contribution >= 0.6 is 12.2 Å². The van der Waals surface area contributed by atoms with E-state index in [1.54, 1.807) is 11.9 Å². The zero-order chi connectivity index (χ0) is 15.4. The number of hydrogen-bond acceptors (Lipinski definition) is 3. The quantitative estimate of drug-likeness (QED) is 0.833. The van der Waals surface area contributed by atoms with Gasteiger partial charge in [0.1, 0.15) is 5.92 Å². The van der Waals surface area contributed by atoms with Crippen LogP contribution in [0.1, 0.15) is 37.2 Å². The molecule has 0 aromatic heterocycles. The van der Waals surface area contributed by atoms with Crippen molar-refractivity contribution in [1.29, 1.82) is 0 Å². The number of nitrogens with zero attached hydrogens (tertiary/aromatic N) is 1. The molecular formula is C16H22N2O2S. The molecule has 3 atom stereocenters. The number of carbonyl (C=O) groups is 1. The van der Waals surface area contributed by atoms with Crippen molar-refractivity contribution in [3.8, 4) is 0 Å². The van der Waals surface area contributed by atoms with E-state index in [-0.39, 0.29) is 16.9 Å². The number of likely N-dealkylation sites (N-methyl/N-ethyl adjacent to an activating group) is 1. The number of carbonyl (C=O) groups excluding carboxylic acids is 1. The van der Waals surface area contributed by atoms with Crippen molar-refractivity contribution in [3.05, 3.63) is 35.9 Å². The fourth-order valence-electron chi connectivity index (χ4n) is 2.98. The molecule has 3 unspecified atom stereocenters. The topological polar surface area (TPSA) is 66.6 Å². The second-order valence-corrected chi connectivity index (χ2v) is 6.09. The van der Waals surface area contributed by atoms with Gasteiger partial charge in [-0.25, -0.2) is 0 Å². The number of amides is 1. The Morgan fingerprint density at radius 3 is 2.52 bits per heavy atom. The summed E-state index contributed by atoms with van der Waals surface area (Å²) < 4.78 is 0. The van der Waals surface area contributed by atoms with Crippen LogP contribution in [0.4, 0.5) is 0 Å². The fourth-order valence-corrected chi connectivity index (χ4v) is 3.22. The molecule has 1 saturated carbocycles. The first-order valence-electron chi connectivity index (χ1n) is 7.31. The molecule has 0 saturated heterocycles. The molecule has 2 rings (SSSR count). The molecule has 114 valence electrons. The summed E-state index contributed by atoms with van der Waals surface area (Å²) in [5, 5.41) is 10.1. The second-order valence-electron chi connectivity index (χ2n) is 5.61. The number of nitrogens with two attached hydrogens (primary N) is 1. The van der Waals surface area contributed by atoms with Crippen molar-refractivity contribution in [2.24, 2.45) is 5.73 Å². The van der Waals surface area contributed by atoms with Gasteiger partial charge in [0, 0.05) is 7.05 Å². The molecule has 0 heterocycles. The summed E-state index contributed by atoms with van der Waals surface area (Å²) in [4.78, 5) is 14.6. The van der Waals surface area contributed by atoms with Crippen molar-refractivity contribution in [3.63, 3.8) is 0 Å². The third-order valence-corrected chi connectivity index (χ3v) is 4.44. The van der Waals surface area contributed by atoms with Crippen LogP contribution in [-0.4, -0.2) is 40.1 Å². The molecule has 3 N–H and O–H groups in total. The summed E-state index contributed by atoms with van der Waals surface area (Å²) in [6.07, 6.45) is 3.14. The lowest BCUT2D eigenvalue weighted by Gasteiger charge is -2.36. The Hall–Kier alpha value is -1.46. The van der Waals surface area contributed by atoms with Gasteiger partial charge in [-0.15, -0.1) is 0 Å². The largest absolute Gasteiger partial charge is 0.392 e. The number of thiocarbonyl (C=S) groups is 1. The Kier molecular flexibility index (Phi) is 5.31. The van der Waals surface area contributed by atoms with E-state index in [0.717, 1.165) is 31.2 Å². The monoisotopic (exact) mass is 306 g/mol. The lowest BCUT2D eigenvalue weighted by atomic mass is 9.90. The first-order valence-corrected chi connectivity index (χ1v) is 7.72. The van der Waals surface area contributed by atoms with E-state index in [0.29, 0.717) is 0 Å². The zero-order valence-corrected chi connectivity index (χ0v) is 13.1. The summed E-state index contributed by atoms with van der Waals surface area (Å²) >= 11 is 5.09. The molecule has 21 heavy (non-hydrogen) atoms. The Labute approximate surface area is 130 Å². The minimum atomic E-state index is -0.625. The van der Waals surface area contributed by atoms with Crippen molar-refractivity contribution >= 4 is 23.1 Å². The van der Waals surface area contributed by atoms with Crippen molar-refractivity contribution in [2.75, 3.05) is 7.05 Å². The number of hydrogen-bond donors (Lipinski definition) is 2. The minimum Gasteiger partial charge on any atom is -0.392 e. The molecule has 1 aromatic rings. The third kappa shape index (κ3) is 3.60. The minimum absolute atomic E-state index is 0.139. The summed E-state index contributed by atoms with van der Waals surface area (Å²) in [5.41, 5.74) is 6.59. The summed E-state index contributed by atoms with van der Waals surface area (Å²) in [6.45, 7) is 0. The van der Waals surface area contributed by atoms with E-state index in [1.807, 2.05) is 30.3 Å². The molecule has 0 radical (unpaired) electrons. The van der Waals surface area contributed by atoms with E-state index < -0.39 is 12.0 Å². The molecule has 1 fully saturated rings. The van der Waals surface area contributed by atoms with Gasteiger partial charge in [0.25, 0.3) is 0 Å². The molecule has 1 aromatic carbocycles. The smallest absolute Gasteiger partial charge is 0.237 e. The molecule has 1 amide bonds. The fraction of sp³-hybridized carbons (Fsp3) is 0.500. The maximum atomic E-state index is 12.8. The summed E-state index contributed by atoms with van der Waals surface area (Å²) in [7, 11) is 1.73. The highest BCUT2D eigenvalue weighted by Crippen LogP contribution is 2.26. The van der Waals surface area contributed by atoms with E-state index in [2.05, 4.69) is 0 Å². The van der Waals surface area contributed by atoms with Crippen LogP contribution in [0.25, 0.3) is 0 Å². The van der Waals surface area contributed by atoms with E-state index >= 15 is 0 Å². The van der Waals surface area contributed by atoms with Gasteiger partial charge >= 0.3 is 0 Å². The lowest BCUT2D eigenvalue weighted by Crippen LogP contribution is -2.49. The van der Waals surface area contributed by atoms with Crippen molar-refractivity contribution in [1.82, 2.24) is 4.90 Å². The molecule has 5 heteroatoms. The van der Waals surface area contributed by atoms with Crippen LogP contribution < -0.4 is 5.73 Å². The van der Waals surface area contributed by atoms with Crippen LogP contribution in [0, 0.1) is 0 Å². The second kappa shape index (κ2) is 7.00. The number of aliphatic hydroxyl groups excluding tert-OH is 1. The highest BCUT2D eigenvalue weighted by Gasteiger charge is 2.34. The maximum Gasteiger partial charge on any atom is 0.237 e. The molecule has 4 nitrogen and oxygen atoms in total. The molecule has 0 aliphatic heterocycles. The van der Waals surface area contributed by atoms with Crippen LogP contribution in [0.5, 0.6) is 0 Å². The van der Waals surface area contributed by atoms with E-state index in [9.17, 15) is 9.90 Å². The third-order valence-electron chi connectivity index (χ3n) is 4.20. The number of rotatable bonds is 4. The van der Waals surface area contributed by atoms with Crippen LogP contribution in [0.3, 0.4) is 0 Å². The molecule has 1 aliphatic rings. The van der Waals surface area contributed by atoms with E-state index in [1.165, 1.54) is 0 Å². The number of aliphatic hydroxyl groups is 1. The van der Waals surface area contributed by atoms with Crippen molar-refractivity contribution < 1.29 is 9.90 Å². The molecule has 0 bridgehead atoms.